The fraction of sp³-hybridized carbons (Fsp3) is 0.206. The summed E-state index contributed by atoms with van der Waals surface area (Å²) in [5.74, 6) is -0.307. The number of alkyl carbamates (subject to hydrolysis) is 2. The predicted octanol–water partition coefficient (Wildman–Crippen LogP) is 6.02. The molecule has 41 heavy (non-hydrogen) atoms. The summed E-state index contributed by atoms with van der Waals surface area (Å²) in [4.78, 5) is 36.9. The number of benzene rings is 4. The van der Waals surface area contributed by atoms with E-state index in [1.54, 1.807) is 0 Å². The van der Waals surface area contributed by atoms with Crippen LogP contribution in [0, 0.1) is 0 Å². The smallest absolute Gasteiger partial charge is 0.407 e. The van der Waals surface area contributed by atoms with E-state index in [4.69, 9.17) is 9.47 Å². The highest BCUT2D eigenvalue weighted by Gasteiger charge is 2.30. The van der Waals surface area contributed by atoms with Crippen molar-refractivity contribution >= 4 is 18.0 Å². The van der Waals surface area contributed by atoms with Crippen LogP contribution >= 0.6 is 0 Å². The van der Waals surface area contributed by atoms with Gasteiger partial charge < -0.3 is 20.1 Å². The fourth-order valence-electron chi connectivity index (χ4n) is 5.86. The van der Waals surface area contributed by atoms with Crippen LogP contribution in [0.4, 0.5) is 9.59 Å². The topological polar surface area (TPSA) is 93.7 Å². The molecule has 0 bridgehead atoms. The third-order valence-corrected chi connectivity index (χ3v) is 7.79. The van der Waals surface area contributed by atoms with Crippen molar-refractivity contribution in [2.45, 2.75) is 18.3 Å². The molecule has 0 aromatic heterocycles. The van der Waals surface area contributed by atoms with Gasteiger partial charge in [-0.25, -0.2) is 9.59 Å². The highest BCUT2D eigenvalue weighted by molar-refractivity contribution is 5.85. The first-order valence-electron chi connectivity index (χ1n) is 13.8. The van der Waals surface area contributed by atoms with Crippen LogP contribution in [-0.2, 0) is 14.3 Å². The van der Waals surface area contributed by atoms with Gasteiger partial charge in [0.15, 0.2) is 5.78 Å². The van der Waals surface area contributed by atoms with Gasteiger partial charge in [0.1, 0.15) is 13.2 Å². The minimum atomic E-state index is -0.648. The highest BCUT2D eigenvalue weighted by Crippen LogP contribution is 2.45. The summed E-state index contributed by atoms with van der Waals surface area (Å²) in [6.45, 7) is 0.319. The van der Waals surface area contributed by atoms with Crippen molar-refractivity contribution < 1.29 is 23.9 Å². The average molecular weight is 547 g/mol. The van der Waals surface area contributed by atoms with Gasteiger partial charge >= 0.3 is 12.2 Å². The highest BCUT2D eigenvalue weighted by atomic mass is 16.6. The quantitative estimate of drug-likeness (QED) is 0.268. The second-order valence-electron chi connectivity index (χ2n) is 10.2. The Morgan fingerprint density at radius 2 is 0.902 bits per heavy atom. The van der Waals surface area contributed by atoms with E-state index < -0.39 is 12.2 Å². The van der Waals surface area contributed by atoms with E-state index in [1.165, 1.54) is 0 Å². The Bertz CT molecular complexity index is 1520. The van der Waals surface area contributed by atoms with E-state index in [0.717, 1.165) is 44.5 Å². The predicted molar refractivity (Wildman–Crippen MR) is 156 cm³/mol. The minimum absolute atomic E-state index is 0.0313. The van der Waals surface area contributed by atoms with Gasteiger partial charge in [-0.3, -0.25) is 4.79 Å². The lowest BCUT2D eigenvalue weighted by atomic mass is 9.98. The molecule has 4 aromatic carbocycles. The molecule has 0 radical (unpaired) electrons. The normalized spacial score (nSPS) is 13.0. The van der Waals surface area contributed by atoms with E-state index in [2.05, 4.69) is 47.0 Å². The molecule has 0 saturated heterocycles. The molecular formula is C34H30N2O5. The molecule has 2 N–H and O–H groups in total. The largest absolute Gasteiger partial charge is 0.449 e. The van der Waals surface area contributed by atoms with Crippen LogP contribution in [0.15, 0.2) is 97.1 Å². The Hall–Kier alpha value is -4.91. The van der Waals surface area contributed by atoms with Gasteiger partial charge in [-0.2, -0.15) is 0 Å². The zero-order valence-corrected chi connectivity index (χ0v) is 22.5. The summed E-state index contributed by atoms with van der Waals surface area (Å²) in [6.07, 6.45) is -1.16. The first-order valence-corrected chi connectivity index (χ1v) is 13.8. The number of fused-ring (bicyclic) bond motifs is 6. The molecule has 7 nitrogen and oxygen atoms in total. The Labute approximate surface area is 238 Å². The summed E-state index contributed by atoms with van der Waals surface area (Å²) in [5, 5.41) is 5.15. The van der Waals surface area contributed by atoms with E-state index in [0.29, 0.717) is 0 Å². The van der Waals surface area contributed by atoms with Crippen molar-refractivity contribution in [2.75, 3.05) is 26.3 Å². The van der Waals surface area contributed by atoms with Crippen molar-refractivity contribution in [3.8, 4) is 22.3 Å². The number of ketones is 1. The number of carbonyl (C=O) groups is 3. The Morgan fingerprint density at radius 3 is 1.32 bits per heavy atom. The van der Waals surface area contributed by atoms with Gasteiger partial charge in [-0.1, -0.05) is 97.1 Å². The van der Waals surface area contributed by atoms with Crippen molar-refractivity contribution in [3.05, 3.63) is 119 Å². The number of nitrogens with one attached hydrogen (secondary N) is 2. The maximum atomic E-state index is 12.3. The molecular weight excluding hydrogens is 516 g/mol. The number of carbonyl (C=O) groups excluding carboxylic acids is 3. The van der Waals surface area contributed by atoms with Crippen LogP contribution in [0.25, 0.3) is 22.3 Å². The lowest BCUT2D eigenvalue weighted by molar-refractivity contribution is -0.118. The second kappa shape index (κ2) is 11.7. The fourth-order valence-corrected chi connectivity index (χ4v) is 5.86. The van der Waals surface area contributed by atoms with Crippen LogP contribution in [0.5, 0.6) is 0 Å². The lowest BCUT2D eigenvalue weighted by Crippen LogP contribution is -2.33. The first-order chi connectivity index (χ1) is 20.1. The van der Waals surface area contributed by atoms with E-state index in [-0.39, 0.29) is 50.3 Å². The zero-order valence-electron chi connectivity index (χ0n) is 22.5. The molecule has 0 spiro atoms. The van der Waals surface area contributed by atoms with E-state index in [9.17, 15) is 14.4 Å². The number of ether oxygens (including phenoxy) is 2. The summed E-state index contributed by atoms with van der Waals surface area (Å²) in [7, 11) is 0. The summed E-state index contributed by atoms with van der Waals surface area (Å²) in [6, 6.07) is 32.5. The number of amides is 2. The maximum Gasteiger partial charge on any atom is 0.407 e. The van der Waals surface area contributed by atoms with Gasteiger partial charge in [-0.05, 0) is 44.5 Å². The molecule has 2 aliphatic rings. The van der Waals surface area contributed by atoms with Crippen LogP contribution < -0.4 is 10.6 Å². The third kappa shape index (κ3) is 5.43. The van der Waals surface area contributed by atoms with Crippen LogP contribution in [0.3, 0.4) is 0 Å². The molecule has 206 valence electrons. The summed E-state index contributed by atoms with van der Waals surface area (Å²) < 4.78 is 11.0. The molecule has 4 aromatic rings. The van der Waals surface area contributed by atoms with Crippen molar-refractivity contribution in [2.24, 2.45) is 0 Å². The lowest BCUT2D eigenvalue weighted by Gasteiger charge is -2.15. The average Bonchev–Trinajstić information content (AvgIpc) is 3.50. The molecule has 6 rings (SSSR count). The molecule has 2 amide bonds. The number of Topliss-reactive ketones (excluding diaryl/α,β-unsaturated/α-hetero) is 1. The van der Waals surface area contributed by atoms with Crippen LogP contribution in [0.2, 0.25) is 0 Å². The number of hydrogen-bond acceptors (Lipinski definition) is 5. The Kier molecular flexibility index (Phi) is 7.50. The maximum absolute atomic E-state index is 12.3. The van der Waals surface area contributed by atoms with Crippen LogP contribution in [-0.4, -0.2) is 44.3 Å². The summed E-state index contributed by atoms with van der Waals surface area (Å²) >= 11 is 0. The van der Waals surface area contributed by atoms with Gasteiger partial charge in [0, 0.05) is 24.8 Å². The molecule has 0 heterocycles. The second-order valence-corrected chi connectivity index (χ2v) is 10.2. The zero-order chi connectivity index (χ0) is 28.2. The van der Waals surface area contributed by atoms with Gasteiger partial charge in [0.05, 0.1) is 6.54 Å². The van der Waals surface area contributed by atoms with Gasteiger partial charge in [0.2, 0.25) is 0 Å². The SMILES string of the molecule is O=C(CCNC(=O)OCC1c2ccccc2-c2ccccc21)CNC(=O)OCC1c2ccccc2-c2ccccc21. The van der Waals surface area contributed by atoms with Crippen molar-refractivity contribution in [1.29, 1.82) is 0 Å². The Morgan fingerprint density at radius 1 is 0.537 bits per heavy atom. The molecule has 0 aliphatic heterocycles. The Balaban J connectivity index is 0.916. The molecule has 0 atom stereocenters. The first kappa shape index (κ1) is 26.3. The standard InChI is InChI=1S/C34H30N2O5/c37-22(19-36-34(39)41-21-32-29-15-7-3-11-25(29)26-12-4-8-16-30(26)32)17-18-35-33(38)40-20-31-27-13-5-1-9-23(27)24-10-2-6-14-28(24)31/h1-16,31-32H,17-21H2,(H,35,38)(H,36,39). The van der Waals surface area contributed by atoms with E-state index >= 15 is 0 Å². The van der Waals surface area contributed by atoms with Crippen LogP contribution in [0.1, 0.15) is 40.5 Å². The van der Waals surface area contributed by atoms with Crippen molar-refractivity contribution in [1.82, 2.24) is 10.6 Å². The molecule has 0 unspecified atom stereocenters. The number of rotatable bonds is 9. The molecule has 2 aliphatic carbocycles. The molecule has 0 fully saturated rings. The summed E-state index contributed by atoms with van der Waals surface area (Å²) in [5.41, 5.74) is 9.13. The number of hydrogen-bond donors (Lipinski definition) is 2. The monoisotopic (exact) mass is 546 g/mol. The van der Waals surface area contributed by atoms with E-state index in [1.807, 2.05) is 60.7 Å². The molecule has 7 heteroatoms. The third-order valence-electron chi connectivity index (χ3n) is 7.79. The van der Waals surface area contributed by atoms with Gasteiger partial charge in [-0.15, -0.1) is 0 Å². The van der Waals surface area contributed by atoms with Crippen molar-refractivity contribution in [3.63, 3.8) is 0 Å². The van der Waals surface area contributed by atoms with Gasteiger partial charge in [0.25, 0.3) is 0 Å². The molecule has 0 saturated carbocycles. The minimum Gasteiger partial charge on any atom is -0.449 e.